The number of hydrogen-bond acceptors (Lipinski definition) is 4. The minimum atomic E-state index is 0.582. The predicted molar refractivity (Wildman–Crippen MR) is 375 cm³/mol. The average molecular weight is 1160 g/mol. The van der Waals surface area contributed by atoms with Crippen LogP contribution in [0.4, 0.5) is 0 Å². The van der Waals surface area contributed by atoms with E-state index in [-0.39, 0.29) is 0 Å². The van der Waals surface area contributed by atoms with Crippen LogP contribution >= 0.6 is 0 Å². The minimum absolute atomic E-state index is 0.582. The highest BCUT2D eigenvalue weighted by atomic mass is 15.2. The van der Waals surface area contributed by atoms with Gasteiger partial charge in [0.2, 0.25) is 0 Å². The first-order chi connectivity index (χ1) is 43.9. The fourth-order valence-corrected chi connectivity index (χ4v) is 14.2. The van der Waals surface area contributed by atoms with Gasteiger partial charge in [-0.2, -0.15) is 0 Å². The topological polar surface area (TPSA) is 71.3 Å². The van der Waals surface area contributed by atoms with Crippen LogP contribution in [0.25, 0.3) is 156 Å². The summed E-state index contributed by atoms with van der Waals surface area (Å²) in [5.41, 5.74) is 24.7. The second-order valence-electron chi connectivity index (χ2n) is 25.0. The minimum Gasteiger partial charge on any atom is -0.305 e. The molecule has 0 aliphatic heterocycles. The molecule has 8 nitrogen and oxygen atoms in total. The van der Waals surface area contributed by atoms with E-state index in [0.717, 1.165) is 95.0 Å². The summed E-state index contributed by atoms with van der Waals surface area (Å²) >= 11 is 0. The zero-order chi connectivity index (χ0) is 60.8. The van der Waals surface area contributed by atoms with Gasteiger partial charge in [0.25, 0.3) is 0 Å². The van der Waals surface area contributed by atoms with E-state index in [1.54, 1.807) is 0 Å². The lowest BCUT2D eigenvalue weighted by Gasteiger charge is -2.27. The van der Waals surface area contributed by atoms with Gasteiger partial charge >= 0.3 is 0 Å². The molecule has 0 N–H and O–H groups in total. The summed E-state index contributed by atoms with van der Waals surface area (Å²) < 4.78 is 10.00. The van der Waals surface area contributed by atoms with Crippen molar-refractivity contribution in [2.24, 2.45) is 0 Å². The zero-order valence-electron chi connectivity index (χ0n) is 51.5. The molecule has 0 spiro atoms. The number of nitrogens with zero attached hydrogens (tertiary/aromatic N) is 8. The molecule has 11 aromatic carbocycles. The smallest absolute Gasteiger partial charge is 0.165 e. The standard InChI is InChI=1S/C82H62N8/c1-47-19-31-67-59(39-47)60-40-48(2)20-32-68(60)87(67)76-75(55-27-29-58(30-28-55)80-84-78(56-15-11-9-12-16-56)83-79(85-80)57-17-13-10-14-18-57)77(88-69-33-21-49(3)41-61(69)62-42-50(4)22-34-70(62)88)82(90-73-37-25-53(7)45-65(73)66-46-54(8)26-38-74(66)90)86-81(76)89-71-35-23-51(5)43-63(71)64-44-52(6)24-36-72(64)89/h9-46H,1-8H3. The lowest BCUT2D eigenvalue weighted by atomic mass is 9.98. The van der Waals surface area contributed by atoms with Crippen molar-refractivity contribution in [3.63, 3.8) is 0 Å². The largest absolute Gasteiger partial charge is 0.305 e. The Morgan fingerprint density at radius 3 is 0.689 bits per heavy atom. The molecule has 0 aliphatic rings. The molecule has 0 radical (unpaired) electrons. The summed E-state index contributed by atoms with van der Waals surface area (Å²) in [4.78, 5) is 22.2. The fraction of sp³-hybridized carbons (Fsp3) is 0.0976. The number of aromatic nitrogens is 8. The number of fused-ring (bicyclic) bond motifs is 12. The van der Waals surface area contributed by atoms with Crippen molar-refractivity contribution < 1.29 is 0 Å². The number of aryl methyl sites for hydroxylation is 8. The second-order valence-corrected chi connectivity index (χ2v) is 25.0. The van der Waals surface area contributed by atoms with Gasteiger partial charge in [-0.1, -0.05) is 178 Å². The fourth-order valence-electron chi connectivity index (χ4n) is 14.2. The number of benzene rings is 11. The van der Waals surface area contributed by atoms with Crippen molar-refractivity contribution in [1.82, 2.24) is 38.2 Å². The van der Waals surface area contributed by atoms with Crippen molar-refractivity contribution >= 4 is 87.2 Å². The molecule has 17 rings (SSSR count). The lowest BCUT2D eigenvalue weighted by molar-refractivity contribution is 0.960. The lowest BCUT2D eigenvalue weighted by Crippen LogP contribution is -2.16. The van der Waals surface area contributed by atoms with Crippen LogP contribution in [0.15, 0.2) is 231 Å². The van der Waals surface area contributed by atoms with Gasteiger partial charge in [-0.15, -0.1) is 0 Å². The Morgan fingerprint density at radius 2 is 0.433 bits per heavy atom. The molecular weight excluding hydrogens is 1100 g/mol. The normalized spacial score (nSPS) is 12.0. The molecule has 0 amide bonds. The first-order valence-electron chi connectivity index (χ1n) is 31.0. The molecule has 0 bridgehead atoms. The SMILES string of the molecule is Cc1ccc2c(c1)c1cc(C)ccc1n2-c1nc(-n2c3ccc(C)cc3c3cc(C)ccc32)c(-n2c3ccc(C)cc3c3cc(C)ccc32)c(-c2ccc(-c3nc(-c4ccccc4)nc(-c4ccccc4)n3)cc2)c1-n1c2ccc(C)cc2c2cc(C)ccc21. The Balaban J connectivity index is 1.12. The Kier molecular flexibility index (Phi) is 11.9. The van der Waals surface area contributed by atoms with Crippen molar-refractivity contribution in [2.75, 3.05) is 0 Å². The van der Waals surface area contributed by atoms with Crippen LogP contribution < -0.4 is 0 Å². The van der Waals surface area contributed by atoms with E-state index < -0.39 is 0 Å². The van der Waals surface area contributed by atoms with Crippen LogP contribution in [-0.4, -0.2) is 38.2 Å². The second kappa shape index (κ2) is 20.2. The summed E-state index contributed by atoms with van der Waals surface area (Å²) in [6.45, 7) is 17.6. The predicted octanol–water partition coefficient (Wildman–Crippen LogP) is 20.8. The van der Waals surface area contributed by atoms with E-state index in [9.17, 15) is 0 Å². The molecule has 0 saturated heterocycles. The van der Waals surface area contributed by atoms with Gasteiger partial charge in [-0.3, -0.25) is 9.13 Å². The van der Waals surface area contributed by atoms with E-state index in [1.165, 1.54) is 87.6 Å². The highest BCUT2D eigenvalue weighted by Gasteiger charge is 2.33. The van der Waals surface area contributed by atoms with Gasteiger partial charge in [0.15, 0.2) is 29.1 Å². The van der Waals surface area contributed by atoms with E-state index in [2.05, 4.69) is 268 Å². The monoisotopic (exact) mass is 1160 g/mol. The van der Waals surface area contributed by atoms with Crippen LogP contribution in [0, 0.1) is 55.4 Å². The molecule has 0 fully saturated rings. The molecule has 430 valence electrons. The van der Waals surface area contributed by atoms with Crippen molar-refractivity contribution in [2.45, 2.75) is 55.4 Å². The van der Waals surface area contributed by atoms with Crippen LogP contribution in [0.5, 0.6) is 0 Å². The number of hydrogen-bond donors (Lipinski definition) is 0. The molecule has 17 aromatic rings. The molecular formula is C82H62N8. The highest BCUT2D eigenvalue weighted by Crippen LogP contribution is 2.50. The van der Waals surface area contributed by atoms with Gasteiger partial charge in [-0.05, 0) is 158 Å². The first-order valence-corrected chi connectivity index (χ1v) is 31.0. The van der Waals surface area contributed by atoms with Crippen molar-refractivity contribution in [1.29, 1.82) is 0 Å². The Labute approximate surface area is 521 Å². The van der Waals surface area contributed by atoms with E-state index >= 15 is 0 Å². The third-order valence-corrected chi connectivity index (χ3v) is 18.4. The molecule has 90 heavy (non-hydrogen) atoms. The summed E-state index contributed by atoms with van der Waals surface area (Å²) in [7, 11) is 0. The molecule has 6 heterocycles. The zero-order valence-corrected chi connectivity index (χ0v) is 51.5. The van der Waals surface area contributed by atoms with Gasteiger partial charge in [0, 0.05) is 65.3 Å². The first kappa shape index (κ1) is 53.1. The number of pyridine rings is 1. The molecule has 0 unspecified atom stereocenters. The Bertz CT molecular complexity index is 5290. The van der Waals surface area contributed by atoms with Crippen molar-refractivity contribution in [3.8, 4) is 68.3 Å². The molecule has 0 atom stereocenters. The maximum absolute atomic E-state index is 6.54. The Hall–Kier alpha value is -11.2. The molecule has 0 aliphatic carbocycles. The van der Waals surface area contributed by atoms with E-state index in [1.807, 2.05) is 36.4 Å². The summed E-state index contributed by atoms with van der Waals surface area (Å²) in [5, 5.41) is 9.38. The van der Waals surface area contributed by atoms with Crippen LogP contribution in [0.1, 0.15) is 44.5 Å². The van der Waals surface area contributed by atoms with Gasteiger partial charge in [0.05, 0.1) is 44.1 Å². The summed E-state index contributed by atoms with van der Waals surface area (Å²) in [6, 6.07) is 84.8. The highest BCUT2D eigenvalue weighted by molar-refractivity contribution is 6.16. The van der Waals surface area contributed by atoms with Gasteiger partial charge in [-0.25, -0.2) is 19.9 Å². The maximum Gasteiger partial charge on any atom is 0.165 e. The van der Waals surface area contributed by atoms with Crippen LogP contribution in [0.2, 0.25) is 0 Å². The summed E-state index contributed by atoms with van der Waals surface area (Å²) in [5.74, 6) is 3.38. The quantitative estimate of drug-likeness (QED) is 0.152. The number of rotatable bonds is 8. The van der Waals surface area contributed by atoms with Gasteiger partial charge < -0.3 is 9.13 Å². The van der Waals surface area contributed by atoms with E-state index in [0.29, 0.717) is 17.5 Å². The van der Waals surface area contributed by atoms with Crippen LogP contribution in [0.3, 0.4) is 0 Å². The third-order valence-electron chi connectivity index (χ3n) is 18.4. The van der Waals surface area contributed by atoms with Crippen LogP contribution in [-0.2, 0) is 0 Å². The van der Waals surface area contributed by atoms with Gasteiger partial charge in [0.1, 0.15) is 11.4 Å². The van der Waals surface area contributed by atoms with E-state index in [4.69, 9.17) is 19.9 Å². The Morgan fingerprint density at radius 1 is 0.211 bits per heavy atom. The maximum atomic E-state index is 6.54. The van der Waals surface area contributed by atoms with Crippen molar-refractivity contribution in [3.05, 3.63) is 275 Å². The molecule has 0 saturated carbocycles. The summed E-state index contributed by atoms with van der Waals surface area (Å²) in [6.07, 6.45) is 0. The molecule has 8 heteroatoms. The molecule has 6 aromatic heterocycles. The third kappa shape index (κ3) is 8.28. The average Bonchev–Trinajstić information content (AvgIpc) is 1.46.